The van der Waals surface area contributed by atoms with Gasteiger partial charge in [-0.3, -0.25) is 19.1 Å². The first-order valence-electron chi connectivity index (χ1n) is 3.78. The van der Waals surface area contributed by atoms with Crippen LogP contribution in [0.1, 0.15) is 0 Å². The van der Waals surface area contributed by atoms with Gasteiger partial charge in [-0.05, 0) is 0 Å². The number of carbonyl (C=O) groups excluding carboxylic acids is 1. The van der Waals surface area contributed by atoms with Gasteiger partial charge in [0.2, 0.25) is 11.8 Å². The maximum absolute atomic E-state index is 11.1. The minimum Gasteiger partial charge on any atom is -0.494 e. The molecule has 1 rings (SSSR count). The molecule has 0 aromatic carbocycles. The van der Waals surface area contributed by atoms with E-state index in [1.165, 1.54) is 7.05 Å². The maximum Gasteiger partial charge on any atom is 0.331 e. The van der Waals surface area contributed by atoms with Crippen LogP contribution in [0.5, 0.6) is 5.88 Å². The van der Waals surface area contributed by atoms with Crippen molar-refractivity contribution >= 4 is 5.91 Å². The van der Waals surface area contributed by atoms with Crippen molar-refractivity contribution in [2.24, 2.45) is 0 Å². The first kappa shape index (κ1) is 10.0. The number of nitrogens with zero attached hydrogens (tertiary/aromatic N) is 1. The molecule has 0 spiro atoms. The molecule has 1 amide bonds. The summed E-state index contributed by atoms with van der Waals surface area (Å²) >= 11 is 0. The van der Waals surface area contributed by atoms with E-state index < -0.39 is 23.0 Å². The molecule has 1 aromatic rings. The van der Waals surface area contributed by atoms with E-state index in [0.717, 1.165) is 10.6 Å². The van der Waals surface area contributed by atoms with E-state index in [2.05, 4.69) is 5.32 Å². The van der Waals surface area contributed by atoms with E-state index in [9.17, 15) is 19.5 Å². The van der Waals surface area contributed by atoms with Gasteiger partial charge in [-0.15, -0.1) is 0 Å². The van der Waals surface area contributed by atoms with E-state index in [1.807, 2.05) is 4.98 Å². The second kappa shape index (κ2) is 3.77. The smallest absolute Gasteiger partial charge is 0.331 e. The third-order valence-electron chi connectivity index (χ3n) is 1.59. The van der Waals surface area contributed by atoms with Gasteiger partial charge in [0.25, 0.3) is 5.56 Å². The second-order valence-electron chi connectivity index (χ2n) is 2.56. The van der Waals surface area contributed by atoms with Crippen molar-refractivity contribution in [2.45, 2.75) is 6.54 Å². The van der Waals surface area contributed by atoms with E-state index in [-0.39, 0.29) is 6.54 Å². The van der Waals surface area contributed by atoms with E-state index >= 15 is 0 Å². The van der Waals surface area contributed by atoms with Crippen molar-refractivity contribution in [3.8, 4) is 5.88 Å². The number of likely N-dealkylation sites (N-methyl/N-ethyl adjacent to an activating group) is 1. The lowest BCUT2D eigenvalue weighted by molar-refractivity contribution is -0.121. The maximum atomic E-state index is 11.1. The number of carbonyl (C=O) groups is 1. The van der Waals surface area contributed by atoms with E-state index in [1.54, 1.807) is 0 Å². The number of hydrogen-bond acceptors (Lipinski definition) is 4. The van der Waals surface area contributed by atoms with Crippen LogP contribution in [0.3, 0.4) is 0 Å². The highest BCUT2D eigenvalue weighted by Gasteiger charge is 2.07. The molecule has 0 bridgehead atoms. The lowest BCUT2D eigenvalue weighted by atomic mass is 10.5. The zero-order valence-electron chi connectivity index (χ0n) is 7.40. The van der Waals surface area contributed by atoms with Crippen molar-refractivity contribution in [1.82, 2.24) is 14.9 Å². The van der Waals surface area contributed by atoms with Gasteiger partial charge in [0.1, 0.15) is 6.54 Å². The third-order valence-corrected chi connectivity index (χ3v) is 1.59. The van der Waals surface area contributed by atoms with Crippen LogP contribution >= 0.6 is 0 Å². The van der Waals surface area contributed by atoms with E-state index in [0.29, 0.717) is 0 Å². The Labute approximate surface area is 78.0 Å². The Kier molecular flexibility index (Phi) is 2.70. The monoisotopic (exact) mass is 199 g/mol. The Morgan fingerprint density at radius 1 is 1.64 bits per heavy atom. The summed E-state index contributed by atoms with van der Waals surface area (Å²) in [7, 11) is 1.40. The number of amides is 1. The summed E-state index contributed by atoms with van der Waals surface area (Å²) in [5.74, 6) is -0.989. The molecule has 0 saturated carbocycles. The van der Waals surface area contributed by atoms with Gasteiger partial charge in [0, 0.05) is 7.05 Å². The third kappa shape index (κ3) is 2.00. The second-order valence-corrected chi connectivity index (χ2v) is 2.56. The Morgan fingerprint density at radius 2 is 2.29 bits per heavy atom. The minimum atomic E-state index is -0.821. The Hall–Kier alpha value is -2.05. The Bertz CT molecular complexity index is 459. The standard InChI is InChI=1S/C7H9N3O4/c1-8-5(12)3-10-6(13)2-4(11)9-7(10)14/h2,13H,3H2,1H3,(H,8,12)(H,9,11,14). The van der Waals surface area contributed by atoms with Crippen LogP contribution < -0.4 is 16.6 Å². The topological polar surface area (TPSA) is 104 Å². The highest BCUT2D eigenvalue weighted by atomic mass is 16.3. The summed E-state index contributed by atoms with van der Waals surface area (Å²) in [6.07, 6.45) is 0. The fourth-order valence-electron chi connectivity index (χ4n) is 0.884. The quantitative estimate of drug-likeness (QED) is 0.511. The number of aromatic nitrogens is 2. The Balaban J connectivity index is 3.16. The summed E-state index contributed by atoms with van der Waals surface area (Å²) in [6.45, 7) is -0.335. The highest BCUT2D eigenvalue weighted by molar-refractivity contribution is 5.75. The molecule has 0 aliphatic carbocycles. The number of hydrogen-bond donors (Lipinski definition) is 3. The normalized spacial score (nSPS) is 9.79. The Morgan fingerprint density at radius 3 is 2.79 bits per heavy atom. The fraction of sp³-hybridized carbons (Fsp3) is 0.286. The van der Waals surface area contributed by atoms with Gasteiger partial charge < -0.3 is 10.4 Å². The van der Waals surface area contributed by atoms with Gasteiger partial charge >= 0.3 is 5.69 Å². The molecule has 0 unspecified atom stereocenters. The van der Waals surface area contributed by atoms with Crippen molar-refractivity contribution in [2.75, 3.05) is 7.05 Å². The van der Waals surface area contributed by atoms with Gasteiger partial charge in [0.15, 0.2) is 0 Å². The predicted octanol–water partition coefficient (Wildman–Crippen LogP) is -2.01. The summed E-state index contributed by atoms with van der Waals surface area (Å²) in [5, 5.41) is 11.5. The van der Waals surface area contributed by atoms with Gasteiger partial charge in [-0.1, -0.05) is 0 Å². The van der Waals surface area contributed by atoms with Crippen molar-refractivity contribution in [3.63, 3.8) is 0 Å². The predicted molar refractivity (Wildman–Crippen MR) is 47.1 cm³/mol. The molecule has 1 aromatic heterocycles. The molecule has 1 heterocycles. The number of aromatic amines is 1. The molecule has 0 fully saturated rings. The molecule has 0 aliphatic rings. The van der Waals surface area contributed by atoms with Gasteiger partial charge in [-0.2, -0.15) is 0 Å². The summed E-state index contributed by atoms with van der Waals surface area (Å²) in [4.78, 5) is 34.6. The summed E-state index contributed by atoms with van der Waals surface area (Å²) in [5.41, 5.74) is -1.53. The molecular weight excluding hydrogens is 190 g/mol. The number of aromatic hydroxyl groups is 1. The number of rotatable bonds is 2. The van der Waals surface area contributed by atoms with Crippen LogP contribution in [0.2, 0.25) is 0 Å². The van der Waals surface area contributed by atoms with E-state index in [4.69, 9.17) is 0 Å². The lowest BCUT2D eigenvalue weighted by Crippen LogP contribution is -2.34. The molecule has 7 nitrogen and oxygen atoms in total. The van der Waals surface area contributed by atoms with Crippen LogP contribution in [0.4, 0.5) is 0 Å². The van der Waals surface area contributed by atoms with Crippen LogP contribution in [0, 0.1) is 0 Å². The molecule has 76 valence electrons. The minimum absolute atomic E-state index is 0.335. The molecule has 14 heavy (non-hydrogen) atoms. The zero-order valence-corrected chi connectivity index (χ0v) is 7.40. The SMILES string of the molecule is CNC(=O)Cn1c(O)cc(=O)[nH]c1=O. The molecule has 3 N–H and O–H groups in total. The molecule has 7 heteroatoms. The average molecular weight is 199 g/mol. The molecule has 0 aliphatic heterocycles. The van der Waals surface area contributed by atoms with Crippen molar-refractivity contribution in [3.05, 3.63) is 26.9 Å². The van der Waals surface area contributed by atoms with Crippen LogP contribution in [0.15, 0.2) is 15.7 Å². The summed E-state index contributed by atoms with van der Waals surface area (Å²) in [6, 6.07) is 0.824. The van der Waals surface area contributed by atoms with Crippen LogP contribution in [0.25, 0.3) is 0 Å². The lowest BCUT2D eigenvalue weighted by Gasteiger charge is -2.05. The first-order chi connectivity index (χ1) is 6.54. The number of nitrogens with one attached hydrogen (secondary N) is 2. The van der Waals surface area contributed by atoms with Crippen LogP contribution in [-0.2, 0) is 11.3 Å². The molecule has 0 saturated heterocycles. The van der Waals surface area contributed by atoms with Crippen molar-refractivity contribution in [1.29, 1.82) is 0 Å². The first-order valence-corrected chi connectivity index (χ1v) is 3.78. The van der Waals surface area contributed by atoms with Gasteiger partial charge in [0.05, 0.1) is 6.07 Å². The fourth-order valence-corrected chi connectivity index (χ4v) is 0.884. The number of H-pyrrole nitrogens is 1. The summed E-state index contributed by atoms with van der Waals surface area (Å²) < 4.78 is 0.750. The average Bonchev–Trinajstić information content (AvgIpc) is 2.10. The largest absolute Gasteiger partial charge is 0.494 e. The molecular formula is C7H9N3O4. The highest BCUT2D eigenvalue weighted by Crippen LogP contribution is 1.98. The van der Waals surface area contributed by atoms with Gasteiger partial charge in [-0.25, -0.2) is 4.79 Å². The molecule has 0 atom stereocenters. The van der Waals surface area contributed by atoms with Crippen molar-refractivity contribution < 1.29 is 9.90 Å². The van der Waals surface area contributed by atoms with Crippen LogP contribution in [-0.4, -0.2) is 27.6 Å². The molecule has 0 radical (unpaired) electrons. The zero-order chi connectivity index (χ0) is 10.7.